The average Bonchev–Trinajstić information content (AvgIpc) is 2.88. The molecule has 5 nitrogen and oxygen atoms in total. The third-order valence-corrected chi connectivity index (χ3v) is 3.97. The summed E-state index contributed by atoms with van der Waals surface area (Å²) in [6, 6.07) is 11.5. The van der Waals surface area contributed by atoms with Crippen molar-refractivity contribution < 1.29 is 4.79 Å². The molecule has 0 spiro atoms. The van der Waals surface area contributed by atoms with E-state index in [0.29, 0.717) is 11.3 Å². The molecule has 0 saturated heterocycles. The lowest BCUT2D eigenvalue weighted by molar-refractivity contribution is 0.102. The van der Waals surface area contributed by atoms with E-state index in [4.69, 9.17) is 0 Å². The van der Waals surface area contributed by atoms with E-state index in [2.05, 4.69) is 36.2 Å². The highest BCUT2D eigenvalue weighted by Gasteiger charge is 2.15. The molecule has 5 heteroatoms. The summed E-state index contributed by atoms with van der Waals surface area (Å²) in [5, 5.41) is 7.26. The van der Waals surface area contributed by atoms with Crippen LogP contribution in [0.2, 0.25) is 0 Å². The zero-order chi connectivity index (χ0) is 17.5. The summed E-state index contributed by atoms with van der Waals surface area (Å²) >= 11 is 0. The third kappa shape index (κ3) is 3.15. The molecule has 2 heterocycles. The molecular weight excluding hydrogens is 300 g/mol. The Morgan fingerprint density at radius 1 is 1.08 bits per heavy atom. The van der Waals surface area contributed by atoms with Gasteiger partial charge in [0.2, 0.25) is 0 Å². The maximum absolute atomic E-state index is 12.5. The maximum Gasteiger partial charge on any atom is 0.274 e. The molecule has 0 aliphatic heterocycles. The van der Waals surface area contributed by atoms with Crippen molar-refractivity contribution in [3.8, 4) is 0 Å². The van der Waals surface area contributed by atoms with Crippen LogP contribution < -0.4 is 5.32 Å². The number of carbonyl (C=O) groups is 1. The number of hydrogen-bond donors (Lipinski definition) is 1. The van der Waals surface area contributed by atoms with Crippen LogP contribution in [0.4, 0.5) is 5.69 Å². The van der Waals surface area contributed by atoms with Crippen LogP contribution in [0.5, 0.6) is 0 Å². The first kappa shape index (κ1) is 16.2. The third-order valence-electron chi connectivity index (χ3n) is 3.97. The second-order valence-corrected chi connectivity index (χ2v) is 7.12. The number of nitrogens with zero attached hydrogens (tertiary/aromatic N) is 3. The van der Waals surface area contributed by atoms with E-state index in [1.807, 2.05) is 44.2 Å². The quantitative estimate of drug-likeness (QED) is 0.778. The summed E-state index contributed by atoms with van der Waals surface area (Å²) in [7, 11) is 0. The van der Waals surface area contributed by atoms with Crippen molar-refractivity contribution in [3.63, 3.8) is 0 Å². The van der Waals surface area contributed by atoms with Crippen LogP contribution in [-0.2, 0) is 5.41 Å². The van der Waals surface area contributed by atoms with Crippen molar-refractivity contribution in [2.24, 2.45) is 0 Å². The Kier molecular flexibility index (Phi) is 3.87. The van der Waals surface area contributed by atoms with Crippen molar-refractivity contribution in [2.75, 3.05) is 5.32 Å². The number of benzene rings is 1. The van der Waals surface area contributed by atoms with E-state index in [-0.39, 0.29) is 11.3 Å². The minimum atomic E-state index is -0.219. The fraction of sp³-hybridized carbons (Fsp3) is 0.316. The fourth-order valence-corrected chi connectivity index (χ4v) is 2.60. The number of aryl methyl sites for hydroxylation is 2. The lowest BCUT2D eigenvalue weighted by Crippen LogP contribution is -2.16. The SMILES string of the molecule is Cc1cc2nc(C(=O)Nc3ccc(C(C)(C)C)cc3)cc(C)n2n1. The van der Waals surface area contributed by atoms with Crippen LogP contribution in [0.1, 0.15) is 48.2 Å². The van der Waals surface area contributed by atoms with Gasteiger partial charge in [-0.15, -0.1) is 0 Å². The summed E-state index contributed by atoms with van der Waals surface area (Å²) in [5.41, 5.74) is 4.90. The first-order chi connectivity index (χ1) is 11.2. The van der Waals surface area contributed by atoms with Gasteiger partial charge in [-0.05, 0) is 43.0 Å². The van der Waals surface area contributed by atoms with E-state index in [1.54, 1.807) is 10.6 Å². The number of rotatable bonds is 2. The smallest absolute Gasteiger partial charge is 0.274 e. The Bertz CT molecular complexity index is 902. The molecule has 1 aromatic carbocycles. The Morgan fingerprint density at radius 3 is 2.38 bits per heavy atom. The summed E-state index contributed by atoms with van der Waals surface area (Å²) in [6.07, 6.45) is 0. The molecule has 0 aliphatic rings. The van der Waals surface area contributed by atoms with Gasteiger partial charge in [0.15, 0.2) is 5.65 Å². The molecular formula is C19H22N4O. The first-order valence-electron chi connectivity index (χ1n) is 8.00. The zero-order valence-electron chi connectivity index (χ0n) is 14.7. The van der Waals surface area contributed by atoms with Gasteiger partial charge < -0.3 is 5.32 Å². The summed E-state index contributed by atoms with van der Waals surface area (Å²) in [4.78, 5) is 16.9. The van der Waals surface area contributed by atoms with Crippen LogP contribution >= 0.6 is 0 Å². The normalized spacial score (nSPS) is 11.7. The Labute approximate surface area is 141 Å². The van der Waals surface area contributed by atoms with Gasteiger partial charge in [0.1, 0.15) is 5.69 Å². The lowest BCUT2D eigenvalue weighted by atomic mass is 9.87. The van der Waals surface area contributed by atoms with Crippen LogP contribution in [0.15, 0.2) is 36.4 Å². The van der Waals surface area contributed by atoms with Crippen LogP contribution in [-0.4, -0.2) is 20.5 Å². The molecule has 0 fully saturated rings. The van der Waals surface area contributed by atoms with Gasteiger partial charge in [0.05, 0.1) is 5.69 Å². The molecule has 0 atom stereocenters. The summed E-state index contributed by atoms with van der Waals surface area (Å²) < 4.78 is 1.74. The Balaban J connectivity index is 1.84. The van der Waals surface area contributed by atoms with E-state index >= 15 is 0 Å². The predicted octanol–water partition coefficient (Wildman–Crippen LogP) is 3.90. The van der Waals surface area contributed by atoms with Gasteiger partial charge >= 0.3 is 0 Å². The number of fused-ring (bicyclic) bond motifs is 1. The first-order valence-corrected chi connectivity index (χ1v) is 8.00. The largest absolute Gasteiger partial charge is 0.321 e. The number of amides is 1. The molecule has 24 heavy (non-hydrogen) atoms. The minimum Gasteiger partial charge on any atom is -0.321 e. The van der Waals surface area contributed by atoms with Gasteiger partial charge in [0.25, 0.3) is 5.91 Å². The number of hydrogen-bond acceptors (Lipinski definition) is 3. The predicted molar refractivity (Wildman–Crippen MR) is 95.6 cm³/mol. The lowest BCUT2D eigenvalue weighted by Gasteiger charge is -2.19. The highest BCUT2D eigenvalue weighted by atomic mass is 16.1. The van der Waals surface area contributed by atoms with Crippen molar-refractivity contribution in [1.29, 1.82) is 0 Å². The highest BCUT2D eigenvalue weighted by molar-refractivity contribution is 6.03. The van der Waals surface area contributed by atoms with Gasteiger partial charge in [-0.3, -0.25) is 4.79 Å². The number of aromatic nitrogens is 3. The molecule has 0 saturated carbocycles. The number of nitrogens with one attached hydrogen (secondary N) is 1. The summed E-state index contributed by atoms with van der Waals surface area (Å²) in [6.45, 7) is 10.3. The van der Waals surface area contributed by atoms with E-state index < -0.39 is 0 Å². The summed E-state index contributed by atoms with van der Waals surface area (Å²) in [5.74, 6) is -0.219. The second kappa shape index (κ2) is 5.74. The molecule has 124 valence electrons. The monoisotopic (exact) mass is 322 g/mol. The molecule has 0 radical (unpaired) electrons. The Morgan fingerprint density at radius 2 is 1.75 bits per heavy atom. The number of carbonyl (C=O) groups excluding carboxylic acids is 1. The topological polar surface area (TPSA) is 59.3 Å². The van der Waals surface area contributed by atoms with Gasteiger partial charge in [-0.25, -0.2) is 9.50 Å². The Hall–Kier alpha value is -2.69. The molecule has 3 rings (SSSR count). The standard InChI is InChI=1S/C19H22N4O/c1-12-10-17-21-16(11-13(2)23(17)22-12)18(24)20-15-8-6-14(7-9-15)19(3,4)5/h6-11H,1-5H3,(H,20,24). The van der Waals surface area contributed by atoms with Crippen molar-refractivity contribution in [2.45, 2.75) is 40.0 Å². The molecule has 0 aliphatic carbocycles. The minimum absolute atomic E-state index is 0.0894. The van der Waals surface area contributed by atoms with E-state index in [9.17, 15) is 4.79 Å². The average molecular weight is 322 g/mol. The van der Waals surface area contributed by atoms with Crippen LogP contribution in [0.25, 0.3) is 5.65 Å². The molecule has 1 amide bonds. The highest BCUT2D eigenvalue weighted by Crippen LogP contribution is 2.23. The van der Waals surface area contributed by atoms with Crippen molar-refractivity contribution in [1.82, 2.24) is 14.6 Å². The fourth-order valence-electron chi connectivity index (χ4n) is 2.60. The maximum atomic E-state index is 12.5. The molecule has 1 N–H and O–H groups in total. The number of anilines is 1. The molecule has 2 aromatic heterocycles. The second-order valence-electron chi connectivity index (χ2n) is 7.12. The van der Waals surface area contributed by atoms with E-state index in [1.165, 1.54) is 5.56 Å². The molecule has 3 aromatic rings. The van der Waals surface area contributed by atoms with Crippen molar-refractivity contribution >= 4 is 17.2 Å². The van der Waals surface area contributed by atoms with Gasteiger partial charge in [-0.1, -0.05) is 32.9 Å². The van der Waals surface area contributed by atoms with Gasteiger partial charge in [-0.2, -0.15) is 5.10 Å². The van der Waals surface area contributed by atoms with Crippen molar-refractivity contribution in [3.05, 3.63) is 59.0 Å². The van der Waals surface area contributed by atoms with Crippen LogP contribution in [0, 0.1) is 13.8 Å². The van der Waals surface area contributed by atoms with E-state index in [0.717, 1.165) is 17.1 Å². The zero-order valence-corrected chi connectivity index (χ0v) is 14.7. The van der Waals surface area contributed by atoms with Gasteiger partial charge in [0, 0.05) is 17.4 Å². The molecule has 0 unspecified atom stereocenters. The van der Waals surface area contributed by atoms with Crippen LogP contribution in [0.3, 0.4) is 0 Å². The molecule has 0 bridgehead atoms.